The molecule has 1 heterocycles. The molecule has 0 radical (unpaired) electrons. The highest BCUT2D eigenvalue weighted by Crippen LogP contribution is 2.22. The van der Waals surface area contributed by atoms with Gasteiger partial charge >= 0.3 is 0 Å². The van der Waals surface area contributed by atoms with E-state index in [1.54, 1.807) is 0 Å². The lowest BCUT2D eigenvalue weighted by Gasteiger charge is -2.26. The van der Waals surface area contributed by atoms with Gasteiger partial charge in [-0.25, -0.2) is 9.98 Å². The smallest absolute Gasteiger partial charge is 0.216 e. The van der Waals surface area contributed by atoms with E-state index >= 15 is 0 Å². The van der Waals surface area contributed by atoms with Crippen molar-refractivity contribution in [2.45, 2.75) is 47.6 Å². The minimum absolute atomic E-state index is 0.0526. The van der Waals surface area contributed by atoms with Gasteiger partial charge in [-0.1, -0.05) is 37.6 Å². The van der Waals surface area contributed by atoms with Crippen molar-refractivity contribution in [1.82, 2.24) is 15.6 Å². The molecule has 0 aliphatic rings. The summed E-state index contributed by atoms with van der Waals surface area (Å²) in [5.74, 6) is 2.24. The minimum atomic E-state index is 0.0526. The summed E-state index contributed by atoms with van der Waals surface area (Å²) in [7, 11) is 0. The van der Waals surface area contributed by atoms with Gasteiger partial charge in [0.25, 0.3) is 0 Å². The Labute approximate surface area is 161 Å². The van der Waals surface area contributed by atoms with Crippen molar-refractivity contribution in [3.63, 3.8) is 0 Å². The molecule has 142 valence electrons. The van der Waals surface area contributed by atoms with Crippen molar-refractivity contribution in [3.05, 3.63) is 52.2 Å². The van der Waals surface area contributed by atoms with Crippen LogP contribution in [-0.4, -0.2) is 24.0 Å². The van der Waals surface area contributed by atoms with Crippen molar-refractivity contribution >= 4 is 17.6 Å². The van der Waals surface area contributed by atoms with E-state index in [1.807, 2.05) is 39.0 Å². The number of benzene rings is 1. The first kappa shape index (κ1) is 20.3. The molecule has 0 atom stereocenters. The molecule has 0 amide bonds. The Balaban J connectivity index is 1.96. The molecule has 0 saturated carbocycles. The fourth-order valence-electron chi connectivity index (χ4n) is 2.68. The number of oxazole rings is 1. The molecule has 0 unspecified atom stereocenters. The van der Waals surface area contributed by atoms with Crippen LogP contribution in [0.1, 0.15) is 43.7 Å². The first-order valence-electron chi connectivity index (χ1n) is 8.98. The molecule has 2 N–H and O–H groups in total. The van der Waals surface area contributed by atoms with E-state index in [2.05, 4.69) is 40.5 Å². The molecule has 1 aromatic carbocycles. The second-order valence-electron chi connectivity index (χ2n) is 7.27. The average molecular weight is 377 g/mol. The van der Waals surface area contributed by atoms with Crippen LogP contribution < -0.4 is 10.6 Å². The van der Waals surface area contributed by atoms with Crippen molar-refractivity contribution < 1.29 is 4.42 Å². The van der Waals surface area contributed by atoms with Crippen molar-refractivity contribution in [2.24, 2.45) is 10.4 Å². The first-order valence-corrected chi connectivity index (χ1v) is 9.36. The van der Waals surface area contributed by atoms with Crippen molar-refractivity contribution in [1.29, 1.82) is 0 Å². The van der Waals surface area contributed by atoms with Crippen LogP contribution in [0, 0.1) is 19.3 Å². The molecule has 5 nitrogen and oxygen atoms in total. The van der Waals surface area contributed by atoms with Gasteiger partial charge in [0.15, 0.2) is 5.96 Å². The van der Waals surface area contributed by atoms with Crippen LogP contribution in [-0.2, 0) is 13.0 Å². The lowest BCUT2D eigenvalue weighted by Crippen LogP contribution is -2.42. The monoisotopic (exact) mass is 376 g/mol. The number of hydrogen-bond acceptors (Lipinski definition) is 3. The topological polar surface area (TPSA) is 62.5 Å². The number of aliphatic imine (C=N–C) groups is 1. The van der Waals surface area contributed by atoms with Gasteiger partial charge < -0.3 is 15.1 Å². The number of nitrogens with zero attached hydrogens (tertiary/aromatic N) is 2. The van der Waals surface area contributed by atoms with Gasteiger partial charge in [-0.3, -0.25) is 0 Å². The summed E-state index contributed by atoms with van der Waals surface area (Å²) < 4.78 is 5.59. The predicted octanol–water partition coefficient (Wildman–Crippen LogP) is 4.27. The summed E-state index contributed by atoms with van der Waals surface area (Å²) in [5, 5.41) is 7.47. The summed E-state index contributed by atoms with van der Waals surface area (Å²) in [5.41, 5.74) is 2.20. The molecule has 26 heavy (non-hydrogen) atoms. The summed E-state index contributed by atoms with van der Waals surface area (Å²) in [6.45, 7) is 12.4. The van der Waals surface area contributed by atoms with Gasteiger partial charge in [-0.15, -0.1) is 0 Å². The van der Waals surface area contributed by atoms with Gasteiger partial charge in [0.1, 0.15) is 12.3 Å². The SMILES string of the molecule is CCNC(=NCc1nc(C)c(C)o1)NCC(C)(C)Cc1cccc(Cl)c1. The molecule has 0 aliphatic heterocycles. The van der Waals surface area contributed by atoms with Gasteiger partial charge in [-0.05, 0) is 50.3 Å². The molecule has 0 aliphatic carbocycles. The third-order valence-electron chi connectivity index (χ3n) is 4.10. The van der Waals surface area contributed by atoms with Crippen LogP contribution >= 0.6 is 11.6 Å². The molecule has 1 aromatic heterocycles. The van der Waals surface area contributed by atoms with Crippen LogP contribution in [0.2, 0.25) is 5.02 Å². The zero-order valence-electron chi connectivity index (χ0n) is 16.3. The maximum absolute atomic E-state index is 6.10. The molecule has 2 aromatic rings. The highest BCUT2D eigenvalue weighted by Gasteiger charge is 2.19. The Morgan fingerprint density at radius 1 is 1.27 bits per heavy atom. The molecule has 0 fully saturated rings. The molecule has 0 saturated heterocycles. The summed E-state index contributed by atoms with van der Waals surface area (Å²) in [6.07, 6.45) is 0.929. The zero-order valence-corrected chi connectivity index (χ0v) is 17.1. The second-order valence-corrected chi connectivity index (χ2v) is 7.71. The molecular weight excluding hydrogens is 348 g/mol. The predicted molar refractivity (Wildman–Crippen MR) is 108 cm³/mol. The maximum Gasteiger partial charge on any atom is 0.216 e. The molecular formula is C20H29ClN4O. The largest absolute Gasteiger partial charge is 0.444 e. The number of aryl methyl sites for hydroxylation is 2. The maximum atomic E-state index is 6.10. The van der Waals surface area contributed by atoms with E-state index in [1.165, 1.54) is 5.56 Å². The van der Waals surface area contributed by atoms with E-state index < -0.39 is 0 Å². The summed E-state index contributed by atoms with van der Waals surface area (Å²) in [4.78, 5) is 8.95. The third-order valence-corrected chi connectivity index (χ3v) is 4.33. The lowest BCUT2D eigenvalue weighted by atomic mass is 9.86. The van der Waals surface area contributed by atoms with Gasteiger partial charge in [0.2, 0.25) is 5.89 Å². The number of hydrogen-bond donors (Lipinski definition) is 2. The van der Waals surface area contributed by atoms with Gasteiger partial charge in [-0.2, -0.15) is 0 Å². The number of nitrogens with one attached hydrogen (secondary N) is 2. The average Bonchev–Trinajstić information content (AvgIpc) is 2.88. The van der Waals surface area contributed by atoms with E-state index in [-0.39, 0.29) is 5.41 Å². The van der Waals surface area contributed by atoms with Crippen molar-refractivity contribution in [2.75, 3.05) is 13.1 Å². The van der Waals surface area contributed by atoms with E-state index in [0.717, 1.165) is 41.9 Å². The number of guanidine groups is 1. The zero-order chi connectivity index (χ0) is 19.2. The van der Waals surface area contributed by atoms with Crippen molar-refractivity contribution in [3.8, 4) is 0 Å². The number of halogens is 1. The quantitative estimate of drug-likeness (QED) is 0.559. The fourth-order valence-corrected chi connectivity index (χ4v) is 2.89. The van der Waals surface area contributed by atoms with Gasteiger partial charge in [0, 0.05) is 18.1 Å². The van der Waals surface area contributed by atoms with Crippen LogP contribution in [0.25, 0.3) is 0 Å². The molecule has 0 bridgehead atoms. The van der Waals surface area contributed by atoms with E-state index in [0.29, 0.717) is 12.4 Å². The summed E-state index contributed by atoms with van der Waals surface area (Å²) >= 11 is 6.10. The third kappa shape index (κ3) is 6.37. The molecule has 2 rings (SSSR count). The van der Waals surface area contributed by atoms with Crippen LogP contribution in [0.4, 0.5) is 0 Å². The Kier molecular flexibility index (Phi) is 7.09. The highest BCUT2D eigenvalue weighted by molar-refractivity contribution is 6.30. The van der Waals surface area contributed by atoms with Gasteiger partial charge in [0.05, 0.1) is 5.69 Å². The van der Waals surface area contributed by atoms with Crippen LogP contribution in [0.5, 0.6) is 0 Å². The second kappa shape index (κ2) is 9.08. The van der Waals surface area contributed by atoms with E-state index in [4.69, 9.17) is 16.0 Å². The Bertz CT molecular complexity index is 733. The lowest BCUT2D eigenvalue weighted by molar-refractivity contribution is 0.359. The number of rotatable bonds is 7. The Hall–Kier alpha value is -2.01. The number of aromatic nitrogens is 1. The molecule has 0 spiro atoms. The minimum Gasteiger partial charge on any atom is -0.444 e. The standard InChI is InChI=1S/C20H29ClN4O/c1-6-22-19(23-12-18-25-14(2)15(3)26-18)24-13-20(4,5)11-16-8-7-9-17(21)10-16/h7-10H,6,11-13H2,1-5H3,(H2,22,23,24). The normalized spacial score (nSPS) is 12.3. The fraction of sp³-hybridized carbons (Fsp3) is 0.500. The van der Waals surface area contributed by atoms with Crippen LogP contribution in [0.15, 0.2) is 33.7 Å². The highest BCUT2D eigenvalue weighted by atomic mass is 35.5. The Morgan fingerprint density at radius 3 is 2.65 bits per heavy atom. The molecule has 6 heteroatoms. The van der Waals surface area contributed by atoms with E-state index in [9.17, 15) is 0 Å². The Morgan fingerprint density at radius 2 is 2.04 bits per heavy atom. The van der Waals surface area contributed by atoms with Crippen LogP contribution in [0.3, 0.4) is 0 Å². The summed E-state index contributed by atoms with van der Waals surface area (Å²) in [6, 6.07) is 8.03. The first-order chi connectivity index (χ1) is 12.3.